The van der Waals surface area contributed by atoms with Crippen molar-refractivity contribution in [3.8, 4) is 0 Å². The van der Waals surface area contributed by atoms with Crippen LogP contribution in [0.15, 0.2) is 42.5 Å². The van der Waals surface area contributed by atoms with E-state index in [1.54, 1.807) is 7.11 Å². The van der Waals surface area contributed by atoms with Gasteiger partial charge in [0.05, 0.1) is 6.10 Å². The standard InChI is InChI=1S/C22H28N2O2/c1-16-4-5-18(14-17(16)2)6-11-22(25)23-19-7-9-20(10-8-19)24-13-12-21(15-24)26-3/h4-5,7-10,14,21H,6,11-13,15H2,1-3H3,(H,23,25). The molecule has 2 aromatic rings. The van der Waals surface area contributed by atoms with Crippen LogP contribution < -0.4 is 10.2 Å². The molecule has 1 saturated heterocycles. The fourth-order valence-corrected chi connectivity index (χ4v) is 3.35. The number of nitrogens with one attached hydrogen (secondary N) is 1. The van der Waals surface area contributed by atoms with Crippen LogP contribution in [0.1, 0.15) is 29.5 Å². The maximum absolute atomic E-state index is 12.2. The molecule has 0 aliphatic carbocycles. The van der Waals surface area contributed by atoms with Crippen LogP contribution in [-0.2, 0) is 16.0 Å². The highest BCUT2D eigenvalue weighted by Crippen LogP contribution is 2.23. The van der Waals surface area contributed by atoms with Crippen molar-refractivity contribution in [2.24, 2.45) is 0 Å². The molecule has 1 atom stereocenters. The predicted molar refractivity (Wildman–Crippen MR) is 107 cm³/mol. The molecule has 138 valence electrons. The summed E-state index contributed by atoms with van der Waals surface area (Å²) in [6, 6.07) is 14.5. The average Bonchev–Trinajstić information content (AvgIpc) is 3.12. The van der Waals surface area contributed by atoms with Gasteiger partial charge in [0.2, 0.25) is 5.91 Å². The second-order valence-electron chi connectivity index (χ2n) is 7.11. The second-order valence-corrected chi connectivity index (χ2v) is 7.11. The summed E-state index contributed by atoms with van der Waals surface area (Å²) in [6.07, 6.45) is 2.64. The molecule has 1 fully saturated rings. The molecule has 0 bridgehead atoms. The van der Waals surface area contributed by atoms with E-state index in [9.17, 15) is 4.79 Å². The smallest absolute Gasteiger partial charge is 0.224 e. The third-order valence-electron chi connectivity index (χ3n) is 5.21. The number of carbonyl (C=O) groups is 1. The quantitative estimate of drug-likeness (QED) is 0.851. The highest BCUT2D eigenvalue weighted by Gasteiger charge is 2.22. The number of hydrogen-bond donors (Lipinski definition) is 1. The van der Waals surface area contributed by atoms with Gasteiger partial charge in [-0.25, -0.2) is 0 Å². The Labute approximate surface area is 156 Å². The summed E-state index contributed by atoms with van der Waals surface area (Å²) in [7, 11) is 1.77. The highest BCUT2D eigenvalue weighted by molar-refractivity contribution is 5.91. The zero-order valence-electron chi connectivity index (χ0n) is 15.9. The number of methoxy groups -OCH3 is 1. The first-order chi connectivity index (χ1) is 12.5. The first kappa shape index (κ1) is 18.5. The lowest BCUT2D eigenvalue weighted by Gasteiger charge is -2.18. The van der Waals surface area contributed by atoms with Crippen LogP contribution in [0.2, 0.25) is 0 Å². The average molecular weight is 352 g/mol. The van der Waals surface area contributed by atoms with Gasteiger partial charge in [0.15, 0.2) is 0 Å². The molecule has 0 aromatic heterocycles. The van der Waals surface area contributed by atoms with Crippen molar-refractivity contribution < 1.29 is 9.53 Å². The maximum Gasteiger partial charge on any atom is 0.224 e. The zero-order valence-corrected chi connectivity index (χ0v) is 15.9. The van der Waals surface area contributed by atoms with Gasteiger partial charge in [-0.1, -0.05) is 18.2 Å². The number of benzene rings is 2. The van der Waals surface area contributed by atoms with E-state index in [1.165, 1.54) is 22.4 Å². The molecule has 4 heteroatoms. The minimum atomic E-state index is 0.0524. The first-order valence-corrected chi connectivity index (χ1v) is 9.29. The number of carbonyl (C=O) groups excluding carboxylic acids is 1. The van der Waals surface area contributed by atoms with E-state index in [0.29, 0.717) is 12.5 Å². The van der Waals surface area contributed by atoms with Crippen LogP contribution in [0, 0.1) is 13.8 Å². The third kappa shape index (κ3) is 4.64. The molecule has 1 unspecified atom stereocenters. The predicted octanol–water partition coefficient (Wildman–Crippen LogP) is 4.10. The molecule has 0 spiro atoms. The van der Waals surface area contributed by atoms with E-state index in [4.69, 9.17) is 4.74 Å². The summed E-state index contributed by atoms with van der Waals surface area (Å²) in [6.45, 7) is 6.15. The van der Waals surface area contributed by atoms with E-state index in [-0.39, 0.29) is 5.91 Å². The van der Waals surface area contributed by atoms with Crippen molar-refractivity contribution in [3.63, 3.8) is 0 Å². The largest absolute Gasteiger partial charge is 0.380 e. The van der Waals surface area contributed by atoms with E-state index in [1.807, 2.05) is 12.1 Å². The first-order valence-electron chi connectivity index (χ1n) is 9.29. The minimum Gasteiger partial charge on any atom is -0.380 e. The molecule has 26 heavy (non-hydrogen) atoms. The Balaban J connectivity index is 1.50. The summed E-state index contributed by atoms with van der Waals surface area (Å²) in [5.74, 6) is 0.0524. The highest BCUT2D eigenvalue weighted by atomic mass is 16.5. The van der Waals surface area contributed by atoms with Gasteiger partial charge < -0.3 is 15.0 Å². The Morgan fingerprint density at radius 2 is 1.92 bits per heavy atom. The number of nitrogens with zero attached hydrogens (tertiary/aromatic N) is 1. The van der Waals surface area contributed by atoms with E-state index in [0.717, 1.165) is 31.6 Å². The van der Waals surface area contributed by atoms with Crippen LogP contribution >= 0.6 is 0 Å². The number of anilines is 2. The summed E-state index contributed by atoms with van der Waals surface area (Å²) < 4.78 is 5.42. The molecule has 1 N–H and O–H groups in total. The molecule has 2 aromatic carbocycles. The summed E-state index contributed by atoms with van der Waals surface area (Å²) in [5, 5.41) is 2.99. The number of ether oxygens (including phenoxy) is 1. The lowest BCUT2D eigenvalue weighted by Crippen LogP contribution is -2.22. The Morgan fingerprint density at radius 3 is 2.58 bits per heavy atom. The van der Waals surface area contributed by atoms with Crippen molar-refractivity contribution >= 4 is 17.3 Å². The molecule has 3 rings (SSSR count). The molecule has 0 radical (unpaired) electrons. The van der Waals surface area contributed by atoms with Crippen LogP contribution in [-0.4, -0.2) is 32.2 Å². The summed E-state index contributed by atoms with van der Waals surface area (Å²) in [4.78, 5) is 14.5. The topological polar surface area (TPSA) is 41.6 Å². The molecule has 1 amide bonds. The van der Waals surface area contributed by atoms with Crippen molar-refractivity contribution in [3.05, 3.63) is 59.2 Å². The number of aryl methyl sites for hydroxylation is 3. The van der Waals surface area contributed by atoms with Gasteiger partial charge in [-0.05, 0) is 67.6 Å². The van der Waals surface area contributed by atoms with E-state index < -0.39 is 0 Å². The summed E-state index contributed by atoms with van der Waals surface area (Å²) >= 11 is 0. The van der Waals surface area contributed by atoms with Crippen molar-refractivity contribution in [2.45, 2.75) is 39.2 Å². The van der Waals surface area contributed by atoms with Gasteiger partial charge in [-0.2, -0.15) is 0 Å². The molecule has 1 aliphatic heterocycles. The lowest BCUT2D eigenvalue weighted by atomic mass is 10.0. The van der Waals surface area contributed by atoms with Gasteiger partial charge in [0.1, 0.15) is 0 Å². The van der Waals surface area contributed by atoms with Crippen molar-refractivity contribution in [1.82, 2.24) is 0 Å². The summed E-state index contributed by atoms with van der Waals surface area (Å²) in [5.41, 5.74) is 5.79. The van der Waals surface area contributed by atoms with Crippen LogP contribution in [0.5, 0.6) is 0 Å². The molecule has 1 heterocycles. The molecular weight excluding hydrogens is 324 g/mol. The van der Waals surface area contributed by atoms with Crippen molar-refractivity contribution in [2.75, 3.05) is 30.4 Å². The molecule has 0 saturated carbocycles. The van der Waals surface area contributed by atoms with Crippen molar-refractivity contribution in [1.29, 1.82) is 0 Å². The normalized spacial score (nSPS) is 16.7. The van der Waals surface area contributed by atoms with E-state index >= 15 is 0 Å². The third-order valence-corrected chi connectivity index (χ3v) is 5.21. The Bertz CT molecular complexity index is 755. The van der Waals surface area contributed by atoms with Gasteiger partial charge in [-0.15, -0.1) is 0 Å². The fourth-order valence-electron chi connectivity index (χ4n) is 3.35. The zero-order chi connectivity index (χ0) is 18.5. The van der Waals surface area contributed by atoms with Gasteiger partial charge >= 0.3 is 0 Å². The maximum atomic E-state index is 12.2. The number of amides is 1. The van der Waals surface area contributed by atoms with Crippen LogP contribution in [0.25, 0.3) is 0 Å². The molecular formula is C22H28N2O2. The van der Waals surface area contributed by atoms with Gasteiger partial charge in [-0.3, -0.25) is 4.79 Å². The van der Waals surface area contributed by atoms with Gasteiger partial charge in [0.25, 0.3) is 0 Å². The Morgan fingerprint density at radius 1 is 1.15 bits per heavy atom. The van der Waals surface area contributed by atoms with Crippen LogP contribution in [0.4, 0.5) is 11.4 Å². The Kier molecular flexibility index (Phi) is 5.94. The molecule has 1 aliphatic rings. The Hall–Kier alpha value is -2.33. The number of hydrogen-bond acceptors (Lipinski definition) is 3. The SMILES string of the molecule is COC1CCN(c2ccc(NC(=O)CCc3ccc(C)c(C)c3)cc2)C1. The van der Waals surface area contributed by atoms with Gasteiger partial charge in [0, 0.05) is 38.0 Å². The fraction of sp³-hybridized carbons (Fsp3) is 0.409. The van der Waals surface area contributed by atoms with Crippen LogP contribution in [0.3, 0.4) is 0 Å². The molecule has 4 nitrogen and oxygen atoms in total. The second kappa shape index (κ2) is 8.37. The van der Waals surface area contributed by atoms with E-state index in [2.05, 4.69) is 54.4 Å². The number of rotatable bonds is 6. The minimum absolute atomic E-state index is 0.0524. The monoisotopic (exact) mass is 352 g/mol. The lowest BCUT2D eigenvalue weighted by molar-refractivity contribution is -0.116.